The largest absolute Gasteiger partial charge is 0.353 e. The molecule has 2 amide bonds. The van der Waals surface area contributed by atoms with Gasteiger partial charge >= 0.3 is 0 Å². The Morgan fingerprint density at radius 3 is 2.72 bits per heavy atom. The number of benzene rings is 1. The molecule has 8 heteroatoms. The van der Waals surface area contributed by atoms with E-state index >= 15 is 0 Å². The number of amides is 2. The maximum absolute atomic E-state index is 12.7. The average Bonchev–Trinajstić information content (AvgIpc) is 2.99. The molecular formula is C21H23Cl2N3O2S. The van der Waals surface area contributed by atoms with Crippen LogP contribution < -0.4 is 5.32 Å². The summed E-state index contributed by atoms with van der Waals surface area (Å²) in [5.41, 5.74) is 1.02. The van der Waals surface area contributed by atoms with Crippen molar-refractivity contribution in [2.24, 2.45) is 4.99 Å². The normalized spacial score (nSPS) is 18.8. The first-order valence-electron chi connectivity index (χ1n) is 9.58. The van der Waals surface area contributed by atoms with Gasteiger partial charge in [0.05, 0.1) is 15.8 Å². The molecule has 1 saturated carbocycles. The number of rotatable bonds is 6. The van der Waals surface area contributed by atoms with Gasteiger partial charge in [0.25, 0.3) is 5.91 Å². The number of amidine groups is 1. The second-order valence-electron chi connectivity index (χ2n) is 6.99. The molecule has 1 aromatic carbocycles. The van der Waals surface area contributed by atoms with Crippen molar-refractivity contribution in [2.75, 3.05) is 12.3 Å². The standard InChI is InChI=1S/C21H23Cl2N3O2S/c1-2-10-26-20(28)18(12-14-8-9-16(22)17(23)11-14)25-21(26)29-13-19(27)24-15-6-4-3-5-7-15/h2,8-9,11-12,15H,1,3-7,10,13H2,(H,24,27). The molecule has 154 valence electrons. The zero-order valence-electron chi connectivity index (χ0n) is 16.0. The summed E-state index contributed by atoms with van der Waals surface area (Å²) in [6.07, 6.45) is 8.94. The summed E-state index contributed by atoms with van der Waals surface area (Å²) in [6, 6.07) is 5.38. The Morgan fingerprint density at radius 1 is 1.28 bits per heavy atom. The number of carbonyl (C=O) groups is 2. The van der Waals surface area contributed by atoms with Crippen LogP contribution in [-0.4, -0.2) is 40.2 Å². The van der Waals surface area contributed by atoms with E-state index in [1.54, 1.807) is 30.4 Å². The van der Waals surface area contributed by atoms with Gasteiger partial charge in [0.2, 0.25) is 5.91 Å². The van der Waals surface area contributed by atoms with Crippen molar-refractivity contribution in [3.05, 3.63) is 52.2 Å². The first-order chi connectivity index (χ1) is 14.0. The van der Waals surface area contributed by atoms with Crippen LogP contribution in [0.5, 0.6) is 0 Å². The molecule has 0 spiro atoms. The van der Waals surface area contributed by atoms with Gasteiger partial charge in [-0.05, 0) is 36.6 Å². The summed E-state index contributed by atoms with van der Waals surface area (Å²) in [5.74, 6) is -0.0419. The van der Waals surface area contributed by atoms with Gasteiger partial charge in [0, 0.05) is 12.6 Å². The predicted octanol–water partition coefficient (Wildman–Crippen LogP) is 4.90. The number of nitrogens with zero attached hydrogens (tertiary/aromatic N) is 2. The lowest BCUT2D eigenvalue weighted by Gasteiger charge is -2.22. The van der Waals surface area contributed by atoms with Crippen LogP contribution in [0.3, 0.4) is 0 Å². The summed E-state index contributed by atoms with van der Waals surface area (Å²) in [4.78, 5) is 31.0. The van der Waals surface area contributed by atoms with Crippen molar-refractivity contribution >= 4 is 58.0 Å². The van der Waals surface area contributed by atoms with E-state index in [9.17, 15) is 9.59 Å². The third kappa shape index (κ3) is 5.87. The lowest BCUT2D eigenvalue weighted by Crippen LogP contribution is -2.38. The van der Waals surface area contributed by atoms with Crippen LogP contribution in [-0.2, 0) is 9.59 Å². The minimum atomic E-state index is -0.230. The highest BCUT2D eigenvalue weighted by molar-refractivity contribution is 8.14. The highest BCUT2D eigenvalue weighted by Gasteiger charge is 2.30. The molecule has 1 fully saturated rings. The van der Waals surface area contributed by atoms with Crippen molar-refractivity contribution < 1.29 is 9.59 Å². The number of nitrogens with one attached hydrogen (secondary N) is 1. The van der Waals surface area contributed by atoms with E-state index in [1.165, 1.54) is 23.1 Å². The fourth-order valence-corrected chi connectivity index (χ4v) is 4.46. The summed E-state index contributed by atoms with van der Waals surface area (Å²) in [5, 5.41) is 4.44. The van der Waals surface area contributed by atoms with Crippen LogP contribution in [0.4, 0.5) is 0 Å². The van der Waals surface area contributed by atoms with Crippen molar-refractivity contribution in [3.8, 4) is 0 Å². The van der Waals surface area contributed by atoms with Gasteiger partial charge in [0.1, 0.15) is 5.70 Å². The number of aliphatic imine (C=N–C) groups is 1. The predicted molar refractivity (Wildman–Crippen MR) is 121 cm³/mol. The van der Waals surface area contributed by atoms with E-state index < -0.39 is 0 Å². The number of hydrogen-bond donors (Lipinski definition) is 1. The highest BCUT2D eigenvalue weighted by atomic mass is 35.5. The lowest BCUT2D eigenvalue weighted by molar-refractivity contribution is -0.122. The van der Waals surface area contributed by atoms with Crippen LogP contribution in [0.1, 0.15) is 37.7 Å². The van der Waals surface area contributed by atoms with Gasteiger partial charge in [-0.2, -0.15) is 0 Å². The molecule has 1 aliphatic carbocycles. The molecule has 5 nitrogen and oxygen atoms in total. The summed E-state index contributed by atoms with van der Waals surface area (Å²) in [7, 11) is 0. The van der Waals surface area contributed by atoms with Crippen LogP contribution in [0.25, 0.3) is 6.08 Å². The summed E-state index contributed by atoms with van der Waals surface area (Å²) in [6.45, 7) is 4.03. The van der Waals surface area contributed by atoms with Crippen molar-refractivity contribution in [3.63, 3.8) is 0 Å². The molecular weight excluding hydrogens is 429 g/mol. The summed E-state index contributed by atoms with van der Waals surface area (Å²) >= 11 is 13.3. The molecule has 0 saturated heterocycles. The molecule has 1 heterocycles. The molecule has 0 atom stereocenters. The molecule has 0 radical (unpaired) electrons. The van der Waals surface area contributed by atoms with E-state index in [2.05, 4.69) is 16.9 Å². The molecule has 1 N–H and O–H groups in total. The topological polar surface area (TPSA) is 61.8 Å². The van der Waals surface area contributed by atoms with Crippen LogP contribution in [0, 0.1) is 0 Å². The molecule has 0 unspecified atom stereocenters. The van der Waals surface area contributed by atoms with Crippen LogP contribution >= 0.6 is 35.0 Å². The fraction of sp³-hybridized carbons (Fsp3) is 0.381. The SMILES string of the molecule is C=CCN1C(=O)C(=Cc2ccc(Cl)c(Cl)c2)N=C1SCC(=O)NC1CCCCC1. The van der Waals surface area contributed by atoms with Crippen LogP contribution in [0.2, 0.25) is 10.0 Å². The van der Waals surface area contributed by atoms with Gasteiger partial charge in [-0.15, -0.1) is 6.58 Å². The zero-order chi connectivity index (χ0) is 20.8. The Balaban J connectivity index is 1.69. The molecule has 0 bridgehead atoms. The van der Waals surface area contributed by atoms with Crippen molar-refractivity contribution in [1.82, 2.24) is 10.2 Å². The Hall–Kier alpha value is -1.76. The second-order valence-corrected chi connectivity index (χ2v) is 8.75. The monoisotopic (exact) mass is 451 g/mol. The Morgan fingerprint density at radius 2 is 2.03 bits per heavy atom. The first-order valence-corrected chi connectivity index (χ1v) is 11.3. The molecule has 1 aromatic rings. The van der Waals surface area contributed by atoms with Gasteiger partial charge in [0.15, 0.2) is 5.17 Å². The van der Waals surface area contributed by atoms with E-state index in [4.69, 9.17) is 23.2 Å². The number of halogens is 2. The average molecular weight is 452 g/mol. The van der Waals surface area contributed by atoms with E-state index in [0.29, 0.717) is 27.5 Å². The second kappa shape index (κ2) is 10.3. The third-order valence-electron chi connectivity index (χ3n) is 4.77. The third-order valence-corrected chi connectivity index (χ3v) is 6.49. The smallest absolute Gasteiger partial charge is 0.278 e. The molecule has 29 heavy (non-hydrogen) atoms. The van der Waals surface area contributed by atoms with Crippen LogP contribution in [0.15, 0.2) is 41.5 Å². The Labute approximate surface area is 185 Å². The molecule has 3 rings (SSSR count). The minimum absolute atomic E-state index is 0.0301. The lowest BCUT2D eigenvalue weighted by atomic mass is 9.95. The van der Waals surface area contributed by atoms with Crippen molar-refractivity contribution in [1.29, 1.82) is 0 Å². The van der Waals surface area contributed by atoms with Gasteiger partial charge < -0.3 is 5.32 Å². The minimum Gasteiger partial charge on any atom is -0.353 e. The summed E-state index contributed by atoms with van der Waals surface area (Å²) < 4.78 is 0. The molecule has 0 aromatic heterocycles. The maximum Gasteiger partial charge on any atom is 0.278 e. The number of hydrogen-bond acceptors (Lipinski definition) is 4. The highest BCUT2D eigenvalue weighted by Crippen LogP contribution is 2.27. The Bertz CT molecular complexity index is 863. The molecule has 2 aliphatic rings. The van der Waals surface area contributed by atoms with E-state index in [1.807, 2.05) is 0 Å². The fourth-order valence-electron chi connectivity index (χ4n) is 3.34. The number of carbonyl (C=O) groups excluding carboxylic acids is 2. The maximum atomic E-state index is 12.7. The van der Waals surface area contributed by atoms with Gasteiger partial charge in [-0.25, -0.2) is 4.99 Å². The van der Waals surface area contributed by atoms with E-state index in [0.717, 1.165) is 31.2 Å². The number of thioether (sulfide) groups is 1. The zero-order valence-corrected chi connectivity index (χ0v) is 18.3. The van der Waals surface area contributed by atoms with Gasteiger partial charge in [-0.1, -0.05) is 66.4 Å². The Kier molecular flexibility index (Phi) is 7.81. The van der Waals surface area contributed by atoms with Gasteiger partial charge in [-0.3, -0.25) is 14.5 Å². The van der Waals surface area contributed by atoms with Crippen molar-refractivity contribution in [2.45, 2.75) is 38.1 Å². The first kappa shape index (κ1) is 21.9. The van der Waals surface area contributed by atoms with E-state index in [-0.39, 0.29) is 23.6 Å². The quantitative estimate of drug-likeness (QED) is 0.493. The molecule has 1 aliphatic heterocycles.